The molecule has 0 aliphatic heterocycles. The van der Waals surface area contributed by atoms with Gasteiger partial charge in [0.15, 0.2) is 5.13 Å². The van der Waals surface area contributed by atoms with Gasteiger partial charge in [0.25, 0.3) is 0 Å². The number of rotatable bonds is 4. The molecule has 0 spiro atoms. The quantitative estimate of drug-likeness (QED) is 0.618. The normalized spacial score (nSPS) is 26.6. The van der Waals surface area contributed by atoms with Gasteiger partial charge in [-0.2, -0.15) is 0 Å². The van der Waals surface area contributed by atoms with Crippen molar-refractivity contribution in [2.24, 2.45) is 17.3 Å². The Balaban J connectivity index is 1.64. The fraction of sp³-hybridized carbons (Fsp3) is 0.435. The van der Waals surface area contributed by atoms with Crippen molar-refractivity contribution in [3.63, 3.8) is 0 Å². The molecule has 2 aliphatic rings. The smallest absolute Gasteiger partial charge is 0.187 e. The van der Waals surface area contributed by atoms with Crippen molar-refractivity contribution in [2.45, 2.75) is 40.0 Å². The number of anilines is 2. The predicted octanol–water partition coefficient (Wildman–Crippen LogP) is 6.46. The lowest BCUT2D eigenvalue weighted by molar-refractivity contribution is 0.217. The number of thiazole rings is 1. The molecule has 1 N–H and O–H groups in total. The van der Waals surface area contributed by atoms with Crippen LogP contribution in [0.5, 0.6) is 5.75 Å². The molecule has 2 aromatic rings. The summed E-state index contributed by atoms with van der Waals surface area (Å²) < 4.78 is 5.24. The summed E-state index contributed by atoms with van der Waals surface area (Å²) in [6.45, 7) is 11.2. The van der Waals surface area contributed by atoms with Gasteiger partial charge in [0.2, 0.25) is 0 Å². The van der Waals surface area contributed by atoms with Crippen molar-refractivity contribution in [1.29, 1.82) is 0 Å². The second-order valence-electron chi connectivity index (χ2n) is 8.27. The highest BCUT2D eigenvalue weighted by molar-refractivity contribution is 7.16. The minimum Gasteiger partial charge on any atom is -0.497 e. The lowest BCUT2D eigenvalue weighted by Gasteiger charge is -2.46. The van der Waals surface area contributed by atoms with Crippen molar-refractivity contribution in [3.05, 3.63) is 53.1 Å². The van der Waals surface area contributed by atoms with Gasteiger partial charge in [-0.1, -0.05) is 43.4 Å². The molecule has 0 unspecified atom stereocenters. The molecule has 0 fully saturated rings. The van der Waals surface area contributed by atoms with E-state index >= 15 is 0 Å². The molecule has 3 nitrogen and oxygen atoms in total. The van der Waals surface area contributed by atoms with Crippen LogP contribution in [0.1, 0.15) is 44.2 Å². The summed E-state index contributed by atoms with van der Waals surface area (Å²) in [7, 11) is 1.69. The summed E-state index contributed by atoms with van der Waals surface area (Å²) >= 11 is 1.79. The van der Waals surface area contributed by atoms with Gasteiger partial charge >= 0.3 is 0 Å². The first-order chi connectivity index (χ1) is 12.9. The van der Waals surface area contributed by atoms with Gasteiger partial charge in [0.1, 0.15) is 5.75 Å². The van der Waals surface area contributed by atoms with Gasteiger partial charge in [0.05, 0.1) is 17.7 Å². The van der Waals surface area contributed by atoms with Gasteiger partial charge < -0.3 is 10.1 Å². The number of ether oxygens (including phenoxy) is 1. The minimum absolute atomic E-state index is 0.221. The maximum atomic E-state index is 5.24. The van der Waals surface area contributed by atoms with Crippen LogP contribution in [0.4, 0.5) is 10.8 Å². The zero-order valence-corrected chi connectivity index (χ0v) is 17.5. The summed E-state index contributed by atoms with van der Waals surface area (Å²) in [5, 5.41) is 4.45. The highest BCUT2D eigenvalue weighted by atomic mass is 32.1. The molecule has 1 heterocycles. The Morgan fingerprint density at radius 3 is 2.74 bits per heavy atom. The molecule has 0 bridgehead atoms. The number of allylic oxidation sites excluding steroid dienone is 3. The van der Waals surface area contributed by atoms with Crippen LogP contribution in [0.3, 0.4) is 0 Å². The molecule has 4 heteroatoms. The molecule has 27 heavy (non-hydrogen) atoms. The summed E-state index contributed by atoms with van der Waals surface area (Å²) in [5.41, 5.74) is 5.34. The number of benzene rings is 1. The Hall–Kier alpha value is -2.07. The fourth-order valence-corrected chi connectivity index (χ4v) is 5.65. The maximum Gasteiger partial charge on any atom is 0.187 e. The lowest BCUT2D eigenvalue weighted by Crippen LogP contribution is -2.36. The van der Waals surface area contributed by atoms with Crippen LogP contribution in [0.2, 0.25) is 0 Å². The van der Waals surface area contributed by atoms with Gasteiger partial charge in [-0.25, -0.2) is 4.98 Å². The maximum absolute atomic E-state index is 5.24. The second-order valence-corrected chi connectivity index (χ2v) is 9.27. The van der Waals surface area contributed by atoms with E-state index in [0.717, 1.165) is 29.4 Å². The van der Waals surface area contributed by atoms with Crippen LogP contribution in [0.15, 0.2) is 42.5 Å². The van der Waals surface area contributed by atoms with E-state index < -0.39 is 0 Å². The van der Waals surface area contributed by atoms with Crippen molar-refractivity contribution in [2.75, 3.05) is 12.4 Å². The van der Waals surface area contributed by atoms with Crippen LogP contribution in [-0.4, -0.2) is 12.1 Å². The summed E-state index contributed by atoms with van der Waals surface area (Å²) in [5.74, 6) is 2.06. The van der Waals surface area contributed by atoms with Crippen LogP contribution in [0.25, 0.3) is 5.57 Å². The molecule has 0 saturated carbocycles. The first kappa shape index (κ1) is 18.3. The average Bonchev–Trinajstić information content (AvgIpc) is 3.04. The molecule has 142 valence electrons. The monoisotopic (exact) mass is 380 g/mol. The molecule has 3 atom stereocenters. The van der Waals surface area contributed by atoms with E-state index in [0.29, 0.717) is 11.8 Å². The lowest BCUT2D eigenvalue weighted by atomic mass is 9.59. The van der Waals surface area contributed by atoms with Crippen LogP contribution >= 0.6 is 11.3 Å². The third-order valence-electron chi connectivity index (χ3n) is 6.46. The number of aromatic nitrogens is 1. The van der Waals surface area contributed by atoms with Crippen molar-refractivity contribution >= 4 is 27.7 Å². The van der Waals surface area contributed by atoms with Crippen LogP contribution in [0, 0.1) is 17.3 Å². The summed E-state index contributed by atoms with van der Waals surface area (Å²) in [6, 6.07) is 8.00. The van der Waals surface area contributed by atoms with Crippen molar-refractivity contribution in [1.82, 2.24) is 4.98 Å². The topological polar surface area (TPSA) is 34.1 Å². The standard InChI is InChI=1S/C23H28N2OS/c1-14(2)16-6-11-19-21-20(12-15(3)23(19,4)13-16)25-22(27-21)24-17-7-9-18(26-5)10-8-17/h7-11,15-16H,1,6,12-13H2,2-5H3,(H,24,25)/t15-,16-,23+/m1/s1. The van der Waals surface area contributed by atoms with Crippen molar-refractivity contribution in [3.8, 4) is 5.75 Å². The largest absolute Gasteiger partial charge is 0.497 e. The predicted molar refractivity (Wildman–Crippen MR) is 115 cm³/mol. The Morgan fingerprint density at radius 1 is 1.33 bits per heavy atom. The summed E-state index contributed by atoms with van der Waals surface area (Å²) in [6.07, 6.45) is 5.82. The third-order valence-corrected chi connectivity index (χ3v) is 7.51. The fourth-order valence-electron chi connectivity index (χ4n) is 4.46. The molecule has 0 amide bonds. The molecular formula is C23H28N2OS. The van der Waals surface area contributed by atoms with Gasteiger partial charge in [-0.05, 0) is 73.3 Å². The van der Waals surface area contributed by atoms with E-state index in [-0.39, 0.29) is 5.41 Å². The number of hydrogen-bond donors (Lipinski definition) is 1. The minimum atomic E-state index is 0.221. The second kappa shape index (κ2) is 6.83. The summed E-state index contributed by atoms with van der Waals surface area (Å²) in [4.78, 5) is 6.31. The molecule has 2 aliphatic carbocycles. The average molecular weight is 381 g/mol. The SMILES string of the molecule is C=C(C)[C@@H]1CC=C2c3sc(Nc4ccc(OC)cc4)nc3C[C@@H](C)[C@]2(C)C1. The van der Waals surface area contributed by atoms with Crippen LogP contribution in [-0.2, 0) is 6.42 Å². The Bertz CT molecular complexity index is 896. The highest BCUT2D eigenvalue weighted by Crippen LogP contribution is 2.57. The van der Waals surface area contributed by atoms with E-state index in [1.807, 2.05) is 24.3 Å². The number of hydrogen-bond acceptors (Lipinski definition) is 4. The number of methoxy groups -OCH3 is 1. The zero-order chi connectivity index (χ0) is 19.2. The first-order valence-corrected chi connectivity index (χ1v) is 10.5. The first-order valence-electron chi connectivity index (χ1n) is 9.68. The number of nitrogens with zero attached hydrogens (tertiary/aromatic N) is 1. The van der Waals surface area contributed by atoms with E-state index in [9.17, 15) is 0 Å². The van der Waals surface area contributed by atoms with Gasteiger partial charge in [0, 0.05) is 5.69 Å². The molecule has 1 aromatic carbocycles. The molecule has 1 aromatic heterocycles. The Kier molecular flexibility index (Phi) is 4.63. The third kappa shape index (κ3) is 3.20. The molecule has 4 rings (SSSR count). The Labute approximate surface area is 166 Å². The molecule has 0 radical (unpaired) electrons. The van der Waals surface area contributed by atoms with Crippen molar-refractivity contribution < 1.29 is 4.74 Å². The number of fused-ring (bicyclic) bond motifs is 3. The Morgan fingerprint density at radius 2 is 2.07 bits per heavy atom. The molecular weight excluding hydrogens is 352 g/mol. The van der Waals surface area contributed by atoms with E-state index in [2.05, 4.69) is 38.7 Å². The van der Waals surface area contributed by atoms with Gasteiger partial charge in [-0.15, -0.1) is 0 Å². The van der Waals surface area contributed by atoms with Gasteiger partial charge in [-0.3, -0.25) is 0 Å². The van der Waals surface area contributed by atoms with E-state index in [4.69, 9.17) is 9.72 Å². The van der Waals surface area contributed by atoms with E-state index in [1.54, 1.807) is 18.4 Å². The molecule has 0 saturated heterocycles. The van der Waals surface area contributed by atoms with Crippen LogP contribution < -0.4 is 10.1 Å². The van der Waals surface area contributed by atoms with E-state index in [1.165, 1.54) is 28.1 Å². The zero-order valence-electron chi connectivity index (χ0n) is 16.6. The number of nitrogens with one attached hydrogen (secondary N) is 1. The highest BCUT2D eigenvalue weighted by Gasteiger charge is 2.45.